The zero-order valence-corrected chi connectivity index (χ0v) is 19.8. The van der Waals surface area contributed by atoms with Crippen LogP contribution in [0.2, 0.25) is 0 Å². The first kappa shape index (κ1) is 24.2. The number of carbonyl (C=O) groups is 2. The summed E-state index contributed by atoms with van der Waals surface area (Å²) in [6.07, 6.45) is 1.49. The number of rotatable bonds is 10. The number of ketones is 1. The fraction of sp³-hybridized carbons (Fsp3) is 0.458. The van der Waals surface area contributed by atoms with E-state index in [-0.39, 0.29) is 36.4 Å². The van der Waals surface area contributed by atoms with Gasteiger partial charge in [-0.1, -0.05) is 13.3 Å². The van der Waals surface area contributed by atoms with Crippen LogP contribution in [0.5, 0.6) is 11.5 Å². The molecule has 3 aromatic rings. The highest BCUT2D eigenvalue weighted by molar-refractivity contribution is 5.98. The molecule has 11 heteroatoms. The number of ether oxygens (including phenoxy) is 3. The van der Waals surface area contributed by atoms with Gasteiger partial charge in [-0.3, -0.25) is 23.9 Å². The lowest BCUT2D eigenvalue weighted by atomic mass is 10.1. The van der Waals surface area contributed by atoms with Gasteiger partial charge in [0, 0.05) is 25.1 Å². The lowest BCUT2D eigenvalue weighted by Crippen LogP contribution is -2.31. The Morgan fingerprint density at radius 3 is 2.60 bits per heavy atom. The van der Waals surface area contributed by atoms with Crippen molar-refractivity contribution in [2.24, 2.45) is 0 Å². The number of imidazole rings is 1. The normalized spacial score (nSPS) is 12.6. The smallest absolute Gasteiger partial charge is 0.330 e. The molecule has 1 aliphatic rings. The molecule has 0 unspecified atom stereocenters. The first-order valence-electron chi connectivity index (χ1n) is 11.7. The van der Waals surface area contributed by atoms with Crippen molar-refractivity contribution in [3.8, 4) is 11.5 Å². The monoisotopic (exact) mass is 484 g/mol. The highest BCUT2D eigenvalue weighted by atomic mass is 16.6. The molecule has 0 radical (unpaired) electrons. The van der Waals surface area contributed by atoms with Gasteiger partial charge in [0.2, 0.25) is 0 Å². The molecular weight excluding hydrogens is 456 g/mol. The van der Waals surface area contributed by atoms with Crippen molar-refractivity contribution in [3.05, 3.63) is 50.4 Å². The van der Waals surface area contributed by atoms with Crippen molar-refractivity contribution in [3.63, 3.8) is 0 Å². The zero-order valence-electron chi connectivity index (χ0n) is 19.8. The van der Waals surface area contributed by atoms with Crippen LogP contribution in [-0.2, 0) is 29.2 Å². The molecule has 0 amide bonds. The van der Waals surface area contributed by atoms with Crippen molar-refractivity contribution in [2.75, 3.05) is 13.2 Å². The number of benzene rings is 1. The van der Waals surface area contributed by atoms with Crippen LogP contribution in [0.25, 0.3) is 11.2 Å². The first-order valence-corrected chi connectivity index (χ1v) is 11.7. The minimum Gasteiger partial charge on any atom is -0.486 e. The quantitative estimate of drug-likeness (QED) is 0.342. The van der Waals surface area contributed by atoms with Crippen molar-refractivity contribution in [2.45, 2.75) is 59.2 Å². The molecule has 0 fully saturated rings. The Bertz CT molecular complexity index is 1370. The molecular formula is C24H28N4O7. The van der Waals surface area contributed by atoms with Gasteiger partial charge < -0.3 is 18.8 Å². The Balaban J connectivity index is 1.43. The van der Waals surface area contributed by atoms with Crippen molar-refractivity contribution >= 4 is 22.9 Å². The van der Waals surface area contributed by atoms with E-state index >= 15 is 0 Å². The molecule has 186 valence electrons. The summed E-state index contributed by atoms with van der Waals surface area (Å²) in [6.45, 7) is 5.36. The van der Waals surface area contributed by atoms with Crippen molar-refractivity contribution in [1.29, 1.82) is 0 Å². The molecule has 0 aliphatic carbocycles. The van der Waals surface area contributed by atoms with E-state index in [9.17, 15) is 19.2 Å². The highest BCUT2D eigenvalue weighted by Crippen LogP contribution is 2.31. The molecule has 0 atom stereocenters. The van der Waals surface area contributed by atoms with E-state index in [2.05, 4.69) is 9.97 Å². The fourth-order valence-corrected chi connectivity index (χ4v) is 3.99. The standard InChI is InChI=1S/C24H28N4O7/c1-3-5-10-28-22-21(23(31)26-24(28)32)27(4-2)19(25-22)14-35-20(30)9-7-16(29)15-6-8-17-18(13-15)34-12-11-33-17/h6,8,13H,3-5,7,9-12,14H2,1-2H3,(H,26,31,32). The van der Waals surface area contributed by atoms with Crippen LogP contribution in [-0.4, -0.2) is 44.1 Å². The molecule has 0 spiro atoms. The zero-order chi connectivity index (χ0) is 24.9. The molecule has 1 aromatic carbocycles. The van der Waals surface area contributed by atoms with Crippen LogP contribution in [0.15, 0.2) is 27.8 Å². The van der Waals surface area contributed by atoms with Gasteiger partial charge in [-0.25, -0.2) is 9.78 Å². The second kappa shape index (κ2) is 10.6. The Morgan fingerprint density at radius 1 is 1.09 bits per heavy atom. The van der Waals surface area contributed by atoms with E-state index in [1.54, 1.807) is 22.8 Å². The number of carbonyl (C=O) groups excluding carboxylic acids is 2. The number of aromatic nitrogens is 4. The molecule has 0 bridgehead atoms. The van der Waals surface area contributed by atoms with Gasteiger partial charge in [0.15, 0.2) is 28.4 Å². The minimum absolute atomic E-state index is 0.0289. The van der Waals surface area contributed by atoms with Gasteiger partial charge in [-0.15, -0.1) is 0 Å². The van der Waals surface area contributed by atoms with Crippen LogP contribution in [0.4, 0.5) is 0 Å². The number of aromatic amines is 1. The number of nitrogens with zero attached hydrogens (tertiary/aromatic N) is 3. The average Bonchev–Trinajstić information content (AvgIpc) is 3.24. The predicted octanol–water partition coefficient (Wildman–Crippen LogP) is 2.18. The fourth-order valence-electron chi connectivity index (χ4n) is 3.99. The number of esters is 1. The average molecular weight is 485 g/mol. The Kier molecular flexibility index (Phi) is 7.33. The number of hydrogen-bond acceptors (Lipinski definition) is 8. The van der Waals surface area contributed by atoms with Gasteiger partial charge in [-0.05, 0) is 31.5 Å². The topological polar surface area (TPSA) is 135 Å². The van der Waals surface area contributed by atoms with Crippen molar-refractivity contribution < 1.29 is 23.8 Å². The van der Waals surface area contributed by atoms with E-state index in [1.807, 2.05) is 13.8 Å². The third-order valence-corrected chi connectivity index (χ3v) is 5.80. The van der Waals surface area contributed by atoms with E-state index < -0.39 is 17.2 Å². The molecule has 11 nitrogen and oxygen atoms in total. The van der Waals surface area contributed by atoms with Gasteiger partial charge >= 0.3 is 11.7 Å². The molecule has 35 heavy (non-hydrogen) atoms. The van der Waals surface area contributed by atoms with Gasteiger partial charge in [0.25, 0.3) is 5.56 Å². The van der Waals surface area contributed by atoms with Crippen LogP contribution < -0.4 is 20.7 Å². The van der Waals surface area contributed by atoms with E-state index in [1.165, 1.54) is 4.57 Å². The SMILES string of the molecule is CCCCn1c(=O)[nH]c(=O)c2c1nc(COC(=O)CCC(=O)c1ccc3c(c1)OCCO3)n2CC. The van der Waals surface area contributed by atoms with E-state index in [0.717, 1.165) is 12.8 Å². The van der Waals surface area contributed by atoms with Gasteiger partial charge in [0.05, 0.1) is 6.42 Å². The number of fused-ring (bicyclic) bond motifs is 2. The summed E-state index contributed by atoms with van der Waals surface area (Å²) in [5.41, 5.74) is -0.0800. The van der Waals surface area contributed by atoms with E-state index in [4.69, 9.17) is 14.2 Å². The number of nitrogens with one attached hydrogen (secondary N) is 1. The summed E-state index contributed by atoms with van der Waals surface area (Å²) >= 11 is 0. The number of unbranched alkanes of at least 4 members (excludes halogenated alkanes) is 1. The van der Waals surface area contributed by atoms with Crippen LogP contribution in [0.1, 0.15) is 55.7 Å². The molecule has 4 rings (SSSR count). The molecule has 0 saturated heterocycles. The number of H-pyrrole nitrogens is 1. The first-order chi connectivity index (χ1) is 16.9. The molecule has 2 aromatic heterocycles. The van der Waals surface area contributed by atoms with Crippen LogP contribution in [0.3, 0.4) is 0 Å². The van der Waals surface area contributed by atoms with E-state index in [0.29, 0.717) is 49.2 Å². The summed E-state index contributed by atoms with van der Waals surface area (Å²) in [4.78, 5) is 56.4. The Morgan fingerprint density at radius 2 is 1.86 bits per heavy atom. The summed E-state index contributed by atoms with van der Waals surface area (Å²) in [7, 11) is 0. The lowest BCUT2D eigenvalue weighted by Gasteiger charge is -2.18. The molecule has 3 heterocycles. The lowest BCUT2D eigenvalue weighted by molar-refractivity contribution is -0.145. The predicted molar refractivity (Wildman–Crippen MR) is 126 cm³/mol. The van der Waals surface area contributed by atoms with Crippen LogP contribution in [0, 0.1) is 0 Å². The maximum atomic E-state index is 12.5. The summed E-state index contributed by atoms with van der Waals surface area (Å²) < 4.78 is 19.4. The number of aryl methyl sites for hydroxylation is 2. The summed E-state index contributed by atoms with van der Waals surface area (Å²) in [5.74, 6) is 0.671. The van der Waals surface area contributed by atoms with Gasteiger partial charge in [-0.2, -0.15) is 0 Å². The number of hydrogen-bond donors (Lipinski definition) is 1. The second-order valence-electron chi connectivity index (χ2n) is 8.15. The summed E-state index contributed by atoms with van der Waals surface area (Å²) in [6, 6.07) is 4.93. The Hall–Kier alpha value is -3.89. The second-order valence-corrected chi connectivity index (χ2v) is 8.15. The maximum absolute atomic E-state index is 12.5. The minimum atomic E-state index is -0.567. The molecule has 1 aliphatic heterocycles. The third kappa shape index (κ3) is 5.13. The Labute approximate surface area is 200 Å². The molecule has 1 N–H and O–H groups in total. The number of Topliss-reactive ketones (excluding diaryl/α,β-unsaturated/α-hetero) is 1. The van der Waals surface area contributed by atoms with Gasteiger partial charge in [0.1, 0.15) is 25.6 Å². The molecule has 0 saturated carbocycles. The van der Waals surface area contributed by atoms with Crippen LogP contribution >= 0.6 is 0 Å². The largest absolute Gasteiger partial charge is 0.486 e. The summed E-state index contributed by atoms with van der Waals surface area (Å²) in [5, 5.41) is 0. The highest BCUT2D eigenvalue weighted by Gasteiger charge is 2.20. The maximum Gasteiger partial charge on any atom is 0.330 e. The van der Waals surface area contributed by atoms with Crippen molar-refractivity contribution in [1.82, 2.24) is 19.1 Å². The third-order valence-electron chi connectivity index (χ3n) is 5.80.